The van der Waals surface area contributed by atoms with Gasteiger partial charge in [-0.05, 0) is 30.7 Å². The van der Waals surface area contributed by atoms with Crippen LogP contribution in [0.3, 0.4) is 0 Å². The monoisotopic (exact) mass is 301 g/mol. The molecule has 0 N–H and O–H groups in total. The third-order valence-corrected chi connectivity index (χ3v) is 3.61. The number of hydrogen-bond donors (Lipinski definition) is 0. The van der Waals surface area contributed by atoms with E-state index in [0.717, 1.165) is 28.2 Å². The number of pyridine rings is 1. The largest absolute Gasteiger partial charge is 0.497 e. The van der Waals surface area contributed by atoms with Crippen molar-refractivity contribution in [3.8, 4) is 5.75 Å². The third kappa shape index (κ3) is 2.72. The number of nitrogens with zero attached hydrogens (tertiary/aromatic N) is 3. The number of methoxy groups -OCH3 is 1. The molecule has 0 saturated heterocycles. The Morgan fingerprint density at radius 2 is 2.19 bits per heavy atom. The molecule has 0 fully saturated rings. The molecule has 5 heteroatoms. The third-order valence-electron chi connectivity index (χ3n) is 3.41. The Morgan fingerprint density at radius 3 is 2.95 bits per heavy atom. The van der Waals surface area contributed by atoms with Crippen LogP contribution in [0, 0.1) is 0 Å². The van der Waals surface area contributed by atoms with Crippen LogP contribution in [0.4, 0.5) is 0 Å². The summed E-state index contributed by atoms with van der Waals surface area (Å²) in [5.74, 6) is 1.70. The van der Waals surface area contributed by atoms with Crippen LogP contribution < -0.4 is 4.74 Å². The standard InChI is InChI=1S/C16H16ClN3O/c1-11(17)16-19-14-9-18-7-6-15(14)20(16)10-12-4-3-5-13(8-12)21-2/h3-9,11H,10H2,1-2H3. The summed E-state index contributed by atoms with van der Waals surface area (Å²) in [6, 6.07) is 9.97. The molecule has 1 atom stereocenters. The second-order valence-corrected chi connectivity index (χ2v) is 5.54. The summed E-state index contributed by atoms with van der Waals surface area (Å²) in [5, 5.41) is -0.164. The lowest BCUT2D eigenvalue weighted by Crippen LogP contribution is -2.06. The molecular weight excluding hydrogens is 286 g/mol. The minimum Gasteiger partial charge on any atom is -0.497 e. The maximum atomic E-state index is 6.28. The Kier molecular flexibility index (Phi) is 3.80. The number of imidazole rings is 1. The molecule has 1 unspecified atom stereocenters. The molecule has 0 saturated carbocycles. The number of halogens is 1. The fourth-order valence-electron chi connectivity index (χ4n) is 2.42. The Bertz CT molecular complexity index is 767. The van der Waals surface area contributed by atoms with Gasteiger partial charge in [0.2, 0.25) is 0 Å². The van der Waals surface area contributed by atoms with Gasteiger partial charge in [-0.1, -0.05) is 12.1 Å². The number of alkyl halides is 1. The average Bonchev–Trinajstić information content (AvgIpc) is 2.87. The van der Waals surface area contributed by atoms with Gasteiger partial charge in [-0.3, -0.25) is 4.98 Å². The number of rotatable bonds is 4. The van der Waals surface area contributed by atoms with Crippen molar-refractivity contribution < 1.29 is 4.74 Å². The maximum Gasteiger partial charge on any atom is 0.128 e. The van der Waals surface area contributed by atoms with Gasteiger partial charge in [0.1, 0.15) is 17.1 Å². The molecule has 2 heterocycles. The van der Waals surface area contributed by atoms with Crippen molar-refractivity contribution in [1.82, 2.24) is 14.5 Å². The summed E-state index contributed by atoms with van der Waals surface area (Å²) in [7, 11) is 1.67. The topological polar surface area (TPSA) is 39.9 Å². The van der Waals surface area contributed by atoms with Crippen LogP contribution in [-0.2, 0) is 6.54 Å². The molecule has 1 aromatic carbocycles. The molecule has 0 spiro atoms. The molecule has 108 valence electrons. The molecule has 0 amide bonds. The van der Waals surface area contributed by atoms with Gasteiger partial charge in [-0.25, -0.2) is 4.98 Å². The highest BCUT2D eigenvalue weighted by molar-refractivity contribution is 6.20. The van der Waals surface area contributed by atoms with Crippen LogP contribution in [0.1, 0.15) is 23.7 Å². The van der Waals surface area contributed by atoms with E-state index >= 15 is 0 Å². The molecule has 21 heavy (non-hydrogen) atoms. The minimum atomic E-state index is -0.164. The molecule has 0 aliphatic rings. The van der Waals surface area contributed by atoms with Gasteiger partial charge >= 0.3 is 0 Å². The summed E-state index contributed by atoms with van der Waals surface area (Å²) in [4.78, 5) is 8.71. The van der Waals surface area contributed by atoms with E-state index in [1.165, 1.54) is 0 Å². The summed E-state index contributed by atoms with van der Waals surface area (Å²) in [6.07, 6.45) is 3.54. The van der Waals surface area contributed by atoms with Crippen LogP contribution in [0.25, 0.3) is 11.0 Å². The number of ether oxygens (including phenoxy) is 1. The van der Waals surface area contributed by atoms with Crippen molar-refractivity contribution in [2.75, 3.05) is 7.11 Å². The summed E-state index contributed by atoms with van der Waals surface area (Å²) in [5.41, 5.74) is 3.04. The van der Waals surface area contributed by atoms with Crippen LogP contribution >= 0.6 is 11.6 Å². The smallest absolute Gasteiger partial charge is 0.128 e. The Labute approximate surface area is 128 Å². The molecule has 3 aromatic rings. The second-order valence-electron chi connectivity index (χ2n) is 4.89. The van der Waals surface area contributed by atoms with Crippen LogP contribution in [0.5, 0.6) is 5.75 Å². The molecular formula is C16H16ClN3O. The molecule has 4 nitrogen and oxygen atoms in total. The zero-order valence-electron chi connectivity index (χ0n) is 12.0. The van der Waals surface area contributed by atoms with Gasteiger partial charge in [-0.2, -0.15) is 0 Å². The first-order chi connectivity index (χ1) is 10.2. The SMILES string of the molecule is COc1cccc(Cn2c(C(C)Cl)nc3cnccc32)c1. The van der Waals surface area contributed by atoms with Crippen LogP contribution in [0.2, 0.25) is 0 Å². The van der Waals surface area contributed by atoms with Gasteiger partial charge in [0.15, 0.2) is 0 Å². The summed E-state index contributed by atoms with van der Waals surface area (Å²) >= 11 is 6.28. The minimum absolute atomic E-state index is 0.164. The van der Waals surface area contributed by atoms with E-state index in [-0.39, 0.29) is 5.38 Å². The number of aromatic nitrogens is 3. The quantitative estimate of drug-likeness (QED) is 0.688. The average molecular weight is 302 g/mol. The van der Waals surface area contributed by atoms with Crippen LogP contribution in [-0.4, -0.2) is 21.6 Å². The lowest BCUT2D eigenvalue weighted by Gasteiger charge is -2.11. The van der Waals surface area contributed by atoms with Gasteiger partial charge in [0, 0.05) is 12.7 Å². The lowest BCUT2D eigenvalue weighted by atomic mass is 10.2. The zero-order chi connectivity index (χ0) is 14.8. The van der Waals surface area contributed by atoms with E-state index in [1.807, 2.05) is 31.2 Å². The van der Waals surface area contributed by atoms with Gasteiger partial charge in [-0.15, -0.1) is 11.6 Å². The summed E-state index contributed by atoms with van der Waals surface area (Å²) < 4.78 is 7.41. The predicted octanol–water partition coefficient (Wildman–Crippen LogP) is 3.79. The van der Waals surface area contributed by atoms with Crippen molar-refractivity contribution in [3.63, 3.8) is 0 Å². The number of hydrogen-bond acceptors (Lipinski definition) is 3. The van der Waals surface area contributed by atoms with Gasteiger partial charge < -0.3 is 9.30 Å². The second kappa shape index (κ2) is 5.74. The highest BCUT2D eigenvalue weighted by atomic mass is 35.5. The highest BCUT2D eigenvalue weighted by Gasteiger charge is 2.15. The van der Waals surface area contributed by atoms with Crippen molar-refractivity contribution >= 4 is 22.6 Å². The first-order valence-corrected chi connectivity index (χ1v) is 7.20. The molecule has 0 aliphatic heterocycles. The molecule has 2 aromatic heterocycles. The van der Waals surface area contributed by atoms with Crippen molar-refractivity contribution in [1.29, 1.82) is 0 Å². The van der Waals surface area contributed by atoms with E-state index in [0.29, 0.717) is 6.54 Å². The van der Waals surface area contributed by atoms with E-state index in [1.54, 1.807) is 19.5 Å². The van der Waals surface area contributed by atoms with Crippen molar-refractivity contribution in [2.24, 2.45) is 0 Å². The maximum absolute atomic E-state index is 6.28. The molecule has 3 rings (SSSR count). The van der Waals surface area contributed by atoms with Gasteiger partial charge in [0.25, 0.3) is 0 Å². The number of fused-ring (bicyclic) bond motifs is 1. The number of benzene rings is 1. The molecule has 0 radical (unpaired) electrons. The summed E-state index contributed by atoms with van der Waals surface area (Å²) in [6.45, 7) is 2.63. The molecule has 0 aliphatic carbocycles. The first-order valence-electron chi connectivity index (χ1n) is 6.76. The van der Waals surface area contributed by atoms with E-state index in [9.17, 15) is 0 Å². The fraction of sp³-hybridized carbons (Fsp3) is 0.250. The van der Waals surface area contributed by atoms with Crippen molar-refractivity contribution in [3.05, 3.63) is 54.1 Å². The zero-order valence-corrected chi connectivity index (χ0v) is 12.7. The van der Waals surface area contributed by atoms with Crippen molar-refractivity contribution in [2.45, 2.75) is 18.8 Å². The Hall–Kier alpha value is -2.07. The lowest BCUT2D eigenvalue weighted by molar-refractivity contribution is 0.414. The normalized spacial score (nSPS) is 12.5. The van der Waals surface area contributed by atoms with E-state index < -0.39 is 0 Å². The first kappa shape index (κ1) is 13.9. The Balaban J connectivity index is 2.08. The van der Waals surface area contributed by atoms with E-state index in [2.05, 4.69) is 20.6 Å². The Morgan fingerprint density at radius 1 is 1.33 bits per heavy atom. The molecule has 0 bridgehead atoms. The van der Waals surface area contributed by atoms with Crippen LogP contribution in [0.15, 0.2) is 42.7 Å². The van der Waals surface area contributed by atoms with E-state index in [4.69, 9.17) is 16.3 Å². The highest BCUT2D eigenvalue weighted by Crippen LogP contribution is 2.25. The predicted molar refractivity (Wildman–Crippen MR) is 83.9 cm³/mol. The van der Waals surface area contributed by atoms with Gasteiger partial charge in [0.05, 0.1) is 24.2 Å². The fourth-order valence-corrected chi connectivity index (χ4v) is 2.59.